The molecule has 1 saturated carbocycles. The maximum absolute atomic E-state index is 12.5. The van der Waals surface area contributed by atoms with Crippen molar-refractivity contribution in [1.29, 1.82) is 0 Å². The van der Waals surface area contributed by atoms with Gasteiger partial charge in [-0.25, -0.2) is 9.98 Å². The molecule has 1 aromatic heterocycles. The molecule has 2 aromatic carbocycles. The van der Waals surface area contributed by atoms with Crippen molar-refractivity contribution in [2.75, 3.05) is 11.1 Å². The number of thioether (sulfide) groups is 1. The maximum atomic E-state index is 12.5. The van der Waals surface area contributed by atoms with Crippen LogP contribution in [0.5, 0.6) is 0 Å². The molecule has 1 heterocycles. The molecule has 0 saturated heterocycles. The lowest BCUT2D eigenvalue weighted by Crippen LogP contribution is -2.17. The molecule has 0 radical (unpaired) electrons. The first kappa shape index (κ1) is 32.4. The van der Waals surface area contributed by atoms with Crippen LogP contribution in [-0.2, 0) is 11.2 Å². The Bertz CT molecular complexity index is 1420. The third-order valence-corrected chi connectivity index (χ3v) is 9.73. The molecule has 0 spiro atoms. The Morgan fingerprint density at radius 3 is 2.43 bits per heavy atom. The molecule has 1 fully saturated rings. The van der Waals surface area contributed by atoms with Gasteiger partial charge in [-0.1, -0.05) is 90.8 Å². The molecule has 4 rings (SSSR count). The van der Waals surface area contributed by atoms with Crippen molar-refractivity contribution >= 4 is 74.3 Å². The smallest absolute Gasteiger partial charge is 0.230 e. The number of aromatic nitrogens is 2. The van der Waals surface area contributed by atoms with Gasteiger partial charge in [0.05, 0.1) is 6.42 Å². The molecule has 1 aliphatic carbocycles. The van der Waals surface area contributed by atoms with Crippen molar-refractivity contribution in [2.24, 2.45) is 15.9 Å². The van der Waals surface area contributed by atoms with Crippen LogP contribution in [-0.4, -0.2) is 32.7 Å². The van der Waals surface area contributed by atoms with E-state index in [9.17, 15) is 4.79 Å². The number of amidine groups is 1. The Morgan fingerprint density at radius 2 is 1.74 bits per heavy atom. The summed E-state index contributed by atoms with van der Waals surface area (Å²) in [7, 11) is 0. The van der Waals surface area contributed by atoms with Crippen LogP contribution in [0, 0.1) is 5.92 Å². The van der Waals surface area contributed by atoms with Gasteiger partial charge in [0.15, 0.2) is 5.17 Å². The summed E-state index contributed by atoms with van der Waals surface area (Å²) in [5.74, 6) is 1.73. The zero-order chi connectivity index (χ0) is 29.9. The molecule has 1 N–H and O–H groups in total. The van der Waals surface area contributed by atoms with Crippen LogP contribution in [0.2, 0.25) is 10.0 Å². The van der Waals surface area contributed by atoms with Crippen molar-refractivity contribution in [3.63, 3.8) is 0 Å². The number of nitrogens with zero attached hydrogens (tertiary/aromatic N) is 4. The van der Waals surface area contributed by atoms with Gasteiger partial charge in [-0.3, -0.25) is 4.79 Å². The van der Waals surface area contributed by atoms with Gasteiger partial charge in [0.2, 0.25) is 11.0 Å². The minimum Gasteiger partial charge on any atom is -0.300 e. The van der Waals surface area contributed by atoms with E-state index in [-0.39, 0.29) is 12.3 Å². The molecule has 222 valence electrons. The van der Waals surface area contributed by atoms with E-state index in [1.165, 1.54) is 17.8 Å². The van der Waals surface area contributed by atoms with Crippen molar-refractivity contribution < 1.29 is 4.79 Å². The number of nitrogens with one attached hydrogen (secondary N) is 1. The highest BCUT2D eigenvalue weighted by molar-refractivity contribution is 8.13. The summed E-state index contributed by atoms with van der Waals surface area (Å²) < 4.78 is 0. The molecular weight excluding hydrogens is 605 g/mol. The van der Waals surface area contributed by atoms with Crippen LogP contribution < -0.4 is 5.32 Å². The molecule has 42 heavy (non-hydrogen) atoms. The van der Waals surface area contributed by atoms with Gasteiger partial charge in [-0.2, -0.15) is 0 Å². The maximum Gasteiger partial charge on any atom is 0.230 e. The van der Waals surface area contributed by atoms with Gasteiger partial charge >= 0.3 is 0 Å². The van der Waals surface area contributed by atoms with E-state index < -0.39 is 0 Å². The van der Waals surface area contributed by atoms with Crippen LogP contribution in [0.25, 0.3) is 6.08 Å². The van der Waals surface area contributed by atoms with Gasteiger partial charge in [-0.05, 0) is 86.4 Å². The molecule has 1 amide bonds. The molecule has 6 nitrogen and oxygen atoms in total. The lowest BCUT2D eigenvalue weighted by molar-refractivity contribution is -0.115. The zero-order valence-corrected chi connectivity index (χ0v) is 27.4. The first-order chi connectivity index (χ1) is 20.3. The van der Waals surface area contributed by atoms with Crippen LogP contribution >= 0.6 is 46.3 Å². The van der Waals surface area contributed by atoms with Crippen LogP contribution in [0.1, 0.15) is 81.3 Å². The van der Waals surface area contributed by atoms with Gasteiger partial charge in [0, 0.05) is 33.1 Å². The monoisotopic (exact) mass is 641 g/mol. The fraction of sp³-hybridized carbons (Fsp3) is 0.406. The number of halogens is 2. The first-order valence-corrected chi connectivity index (χ1v) is 17.0. The van der Waals surface area contributed by atoms with Gasteiger partial charge in [0.25, 0.3) is 0 Å². The normalized spacial score (nSPS) is 18.3. The number of carbonyl (C=O) groups excluding carboxylic acids is 1. The van der Waals surface area contributed by atoms with Crippen molar-refractivity contribution in [1.82, 2.24) is 10.2 Å². The Morgan fingerprint density at radius 1 is 1.02 bits per heavy atom. The number of hydrogen-bond donors (Lipinski definition) is 1. The third-order valence-electron chi connectivity index (χ3n) is 7.15. The number of amides is 1. The number of rotatable bonds is 10. The van der Waals surface area contributed by atoms with E-state index in [1.54, 1.807) is 23.9 Å². The fourth-order valence-electron chi connectivity index (χ4n) is 4.68. The molecule has 10 heteroatoms. The van der Waals surface area contributed by atoms with Gasteiger partial charge in [0.1, 0.15) is 5.01 Å². The Hall–Kier alpha value is -2.52. The second-order valence-electron chi connectivity index (χ2n) is 10.5. The molecule has 1 aliphatic rings. The quantitative estimate of drug-likeness (QED) is 0.176. The van der Waals surface area contributed by atoms with Gasteiger partial charge in [-0.15, -0.1) is 10.2 Å². The SMILES string of the molecule is CCC(C)=NC(=N/C(=C/c1ccc(Cl)cc1)CC)SCC1CCCC(c2nnc(NC(=O)Cc3ccc(Cl)cc3)s2)C1. The molecule has 0 aliphatic heterocycles. The zero-order valence-electron chi connectivity index (χ0n) is 24.3. The highest BCUT2D eigenvalue weighted by atomic mass is 35.5. The first-order valence-electron chi connectivity index (χ1n) is 14.4. The summed E-state index contributed by atoms with van der Waals surface area (Å²) in [5.41, 5.74) is 4.05. The Balaban J connectivity index is 1.36. The lowest BCUT2D eigenvalue weighted by atomic mass is 9.83. The number of carbonyl (C=O) groups is 1. The summed E-state index contributed by atoms with van der Waals surface area (Å²) in [6.45, 7) is 6.29. The average Bonchev–Trinajstić information content (AvgIpc) is 3.46. The lowest BCUT2D eigenvalue weighted by Gasteiger charge is -2.27. The summed E-state index contributed by atoms with van der Waals surface area (Å²) in [4.78, 5) is 22.4. The van der Waals surface area contributed by atoms with Crippen LogP contribution in [0.3, 0.4) is 0 Å². The second-order valence-corrected chi connectivity index (χ2v) is 13.3. The number of anilines is 1. The van der Waals surface area contributed by atoms with E-state index >= 15 is 0 Å². The highest BCUT2D eigenvalue weighted by Gasteiger charge is 2.27. The second kappa shape index (κ2) is 16.4. The molecule has 3 aromatic rings. The molecule has 0 bridgehead atoms. The summed E-state index contributed by atoms with van der Waals surface area (Å²) in [5, 5.41) is 15.4. The van der Waals surface area contributed by atoms with Gasteiger partial charge < -0.3 is 5.32 Å². The summed E-state index contributed by atoms with van der Waals surface area (Å²) >= 11 is 15.2. The van der Waals surface area contributed by atoms with E-state index in [2.05, 4.69) is 42.4 Å². The van der Waals surface area contributed by atoms with E-state index in [0.717, 1.165) is 75.6 Å². The number of benzene rings is 2. The topological polar surface area (TPSA) is 79.6 Å². The van der Waals surface area contributed by atoms with Crippen LogP contribution in [0.15, 0.2) is 64.2 Å². The molecule has 2 atom stereocenters. The predicted octanol–water partition coefficient (Wildman–Crippen LogP) is 9.71. The molecule has 2 unspecified atom stereocenters. The largest absolute Gasteiger partial charge is 0.300 e. The Kier molecular flexibility index (Phi) is 12.6. The number of hydrogen-bond acceptors (Lipinski definition) is 6. The van der Waals surface area contributed by atoms with Crippen LogP contribution in [0.4, 0.5) is 5.13 Å². The standard InChI is InChI=1S/C32H37Cl2N5OS2/c1-4-21(3)35-31(36-28(5-2)18-22-9-13-26(33)14-10-22)41-20-24-7-6-8-25(17-24)30-38-39-32(42-30)37-29(40)19-23-11-15-27(34)16-12-23/h9-16,18,24-25H,4-8,17,19-20H2,1-3H3,(H,37,39,40)/b28-18+,35-21?,36-31?. The van der Waals surface area contributed by atoms with E-state index in [4.69, 9.17) is 33.2 Å². The van der Waals surface area contributed by atoms with E-state index in [0.29, 0.717) is 22.0 Å². The van der Waals surface area contributed by atoms with E-state index in [1.807, 2.05) is 36.4 Å². The highest BCUT2D eigenvalue weighted by Crippen LogP contribution is 2.39. The minimum atomic E-state index is -0.107. The van der Waals surface area contributed by atoms with Crippen molar-refractivity contribution in [3.8, 4) is 0 Å². The minimum absolute atomic E-state index is 0.107. The fourth-order valence-corrected chi connectivity index (χ4v) is 6.93. The Labute approximate surface area is 267 Å². The third kappa shape index (κ3) is 10.3. The molecular formula is C32H37Cl2N5OS2. The van der Waals surface area contributed by atoms with Crippen molar-refractivity contribution in [3.05, 3.63) is 80.4 Å². The number of allylic oxidation sites excluding steroid dienone is 1. The summed E-state index contributed by atoms with van der Waals surface area (Å²) in [6.07, 6.45) is 8.54. The van der Waals surface area contributed by atoms with Crippen molar-refractivity contribution in [2.45, 2.75) is 71.6 Å². The summed E-state index contributed by atoms with van der Waals surface area (Å²) in [6, 6.07) is 15.1. The number of aliphatic imine (C=N–C) groups is 2. The average molecular weight is 643 g/mol. The predicted molar refractivity (Wildman–Crippen MR) is 181 cm³/mol.